The molecule has 7 heteroatoms. The van der Waals surface area contributed by atoms with Crippen LogP contribution in [0, 0.1) is 0 Å². The molecule has 154 valence electrons. The van der Waals surface area contributed by atoms with E-state index in [4.69, 9.17) is 16.3 Å². The topological polar surface area (TPSA) is 72.7 Å². The van der Waals surface area contributed by atoms with Crippen LogP contribution < -0.4 is 15.7 Å². The summed E-state index contributed by atoms with van der Waals surface area (Å²) in [4.78, 5) is 25.1. The van der Waals surface area contributed by atoms with E-state index in [0.29, 0.717) is 17.3 Å². The lowest BCUT2D eigenvalue weighted by Gasteiger charge is -2.09. The molecule has 0 aliphatic rings. The highest BCUT2D eigenvalue weighted by atomic mass is 35.5. The fraction of sp³-hybridized carbons (Fsp3) is 0.174. The number of nitrogens with one attached hydrogen (secondary N) is 1. The van der Waals surface area contributed by atoms with Gasteiger partial charge in [0, 0.05) is 11.2 Å². The third-order valence-corrected chi connectivity index (χ3v) is 4.35. The van der Waals surface area contributed by atoms with Crippen molar-refractivity contribution in [1.29, 1.82) is 0 Å². The van der Waals surface area contributed by atoms with E-state index in [1.165, 1.54) is 16.8 Å². The number of nitrogens with zero attached hydrogens (tertiary/aromatic N) is 2. The molecule has 30 heavy (non-hydrogen) atoms. The summed E-state index contributed by atoms with van der Waals surface area (Å²) in [6, 6.07) is 17.7. The van der Waals surface area contributed by atoms with Gasteiger partial charge < -0.3 is 9.30 Å². The van der Waals surface area contributed by atoms with Crippen molar-refractivity contribution in [3.05, 3.63) is 98.9 Å². The van der Waals surface area contributed by atoms with Crippen LogP contribution in [-0.2, 0) is 6.54 Å². The Hall–Kier alpha value is -3.38. The average Bonchev–Trinajstić information content (AvgIpc) is 2.69. The average molecular weight is 424 g/mol. The Labute approximate surface area is 179 Å². The van der Waals surface area contributed by atoms with Crippen LogP contribution in [0.1, 0.15) is 35.3 Å². The monoisotopic (exact) mass is 423 g/mol. The van der Waals surface area contributed by atoms with E-state index in [2.05, 4.69) is 10.5 Å². The molecule has 3 rings (SSSR count). The van der Waals surface area contributed by atoms with Crippen LogP contribution in [0.5, 0.6) is 5.75 Å². The summed E-state index contributed by atoms with van der Waals surface area (Å²) >= 11 is 6.00. The minimum Gasteiger partial charge on any atom is -0.491 e. The molecule has 0 fully saturated rings. The van der Waals surface area contributed by atoms with Gasteiger partial charge in [0.1, 0.15) is 11.3 Å². The van der Waals surface area contributed by atoms with Crippen LogP contribution in [0.15, 0.2) is 76.8 Å². The molecule has 0 saturated carbocycles. The molecule has 1 aromatic heterocycles. The van der Waals surface area contributed by atoms with Crippen molar-refractivity contribution in [2.24, 2.45) is 5.10 Å². The molecule has 2 aromatic carbocycles. The lowest BCUT2D eigenvalue weighted by Crippen LogP contribution is -2.30. The molecule has 0 spiro atoms. The number of ether oxygens (including phenoxy) is 1. The molecule has 0 radical (unpaired) electrons. The number of hydrogen-bond acceptors (Lipinski definition) is 4. The van der Waals surface area contributed by atoms with Crippen molar-refractivity contribution >= 4 is 23.7 Å². The summed E-state index contributed by atoms with van der Waals surface area (Å²) in [6.45, 7) is 4.20. The van der Waals surface area contributed by atoms with Gasteiger partial charge in [-0.2, -0.15) is 5.10 Å². The Morgan fingerprint density at radius 3 is 2.73 bits per heavy atom. The highest BCUT2D eigenvalue weighted by Crippen LogP contribution is 2.14. The van der Waals surface area contributed by atoms with Crippen molar-refractivity contribution < 1.29 is 9.53 Å². The first-order valence-corrected chi connectivity index (χ1v) is 9.84. The van der Waals surface area contributed by atoms with Crippen LogP contribution in [-0.4, -0.2) is 22.8 Å². The molecule has 0 saturated heterocycles. The second-order valence-corrected chi connectivity index (χ2v) is 7.36. The second kappa shape index (κ2) is 9.89. The van der Waals surface area contributed by atoms with E-state index in [0.717, 1.165) is 11.1 Å². The maximum atomic E-state index is 12.7. The molecular formula is C23H22ClN3O3. The quantitative estimate of drug-likeness (QED) is 0.459. The zero-order valence-electron chi connectivity index (χ0n) is 16.7. The lowest BCUT2D eigenvalue weighted by atomic mass is 10.2. The smallest absolute Gasteiger partial charge is 0.276 e. The highest BCUT2D eigenvalue weighted by molar-refractivity contribution is 6.30. The molecule has 0 atom stereocenters. The molecular weight excluding hydrogens is 402 g/mol. The molecule has 1 heterocycles. The number of rotatable bonds is 7. The van der Waals surface area contributed by atoms with Crippen LogP contribution in [0.4, 0.5) is 0 Å². The Balaban J connectivity index is 1.70. The summed E-state index contributed by atoms with van der Waals surface area (Å²) in [5, 5.41) is 4.55. The zero-order chi connectivity index (χ0) is 21.5. The van der Waals surface area contributed by atoms with Crippen LogP contribution in [0.2, 0.25) is 5.02 Å². The van der Waals surface area contributed by atoms with Gasteiger partial charge in [-0.1, -0.05) is 35.9 Å². The summed E-state index contributed by atoms with van der Waals surface area (Å²) in [7, 11) is 0. The van der Waals surface area contributed by atoms with Gasteiger partial charge in [0.05, 0.1) is 18.9 Å². The number of halogens is 1. The molecule has 3 aromatic rings. The fourth-order valence-electron chi connectivity index (χ4n) is 2.83. The second-order valence-electron chi connectivity index (χ2n) is 6.92. The van der Waals surface area contributed by atoms with Crippen LogP contribution in [0.25, 0.3) is 0 Å². The largest absolute Gasteiger partial charge is 0.491 e. The first-order chi connectivity index (χ1) is 14.4. The van der Waals surface area contributed by atoms with E-state index in [9.17, 15) is 9.59 Å². The SMILES string of the molecule is CC(C)Oc1cccc(/C=N\NC(=O)c2cccn(Cc3cccc(Cl)c3)c2=O)c1. The maximum absolute atomic E-state index is 12.7. The number of amides is 1. The standard InChI is InChI=1S/C23H22ClN3O3/c1-16(2)30-20-9-4-6-17(13-20)14-25-26-22(28)21-10-5-11-27(23(21)29)15-18-7-3-8-19(24)12-18/h3-14,16H,15H2,1-2H3,(H,26,28)/b25-14-. The number of aromatic nitrogens is 1. The van der Waals surface area contributed by atoms with Crippen molar-refractivity contribution in [1.82, 2.24) is 9.99 Å². The molecule has 0 aliphatic carbocycles. The van der Waals surface area contributed by atoms with E-state index in [1.54, 1.807) is 24.4 Å². The van der Waals surface area contributed by atoms with Gasteiger partial charge in [0.2, 0.25) is 0 Å². The van der Waals surface area contributed by atoms with Gasteiger partial charge in [0.15, 0.2) is 0 Å². The predicted octanol–water partition coefficient (Wildman–Crippen LogP) is 4.10. The number of benzene rings is 2. The van der Waals surface area contributed by atoms with E-state index in [1.807, 2.05) is 50.2 Å². The van der Waals surface area contributed by atoms with Gasteiger partial charge in [-0.15, -0.1) is 0 Å². The van der Waals surface area contributed by atoms with Crippen molar-refractivity contribution in [3.63, 3.8) is 0 Å². The predicted molar refractivity (Wildman–Crippen MR) is 119 cm³/mol. The van der Waals surface area contributed by atoms with Gasteiger partial charge in [-0.05, 0) is 61.4 Å². The molecule has 1 N–H and O–H groups in total. The maximum Gasteiger partial charge on any atom is 0.276 e. The Bertz CT molecular complexity index is 1120. The number of hydrazone groups is 1. The number of carbonyl (C=O) groups is 1. The van der Waals surface area contributed by atoms with E-state index >= 15 is 0 Å². The minimum atomic E-state index is -0.578. The Morgan fingerprint density at radius 2 is 1.97 bits per heavy atom. The Kier molecular flexibility index (Phi) is 7.03. The Morgan fingerprint density at radius 1 is 1.17 bits per heavy atom. The first-order valence-electron chi connectivity index (χ1n) is 9.46. The molecule has 6 nitrogen and oxygen atoms in total. The normalized spacial score (nSPS) is 11.1. The first kappa shape index (κ1) is 21.3. The summed E-state index contributed by atoms with van der Waals surface area (Å²) in [5.74, 6) is 0.138. The van der Waals surface area contributed by atoms with Gasteiger partial charge in [0.25, 0.3) is 11.5 Å². The number of carbonyl (C=O) groups excluding carboxylic acids is 1. The highest BCUT2D eigenvalue weighted by Gasteiger charge is 2.11. The lowest BCUT2D eigenvalue weighted by molar-refractivity contribution is 0.0953. The van der Waals surface area contributed by atoms with Crippen molar-refractivity contribution in [3.8, 4) is 5.75 Å². The van der Waals surface area contributed by atoms with Crippen LogP contribution >= 0.6 is 11.6 Å². The zero-order valence-corrected chi connectivity index (χ0v) is 17.5. The van der Waals surface area contributed by atoms with Crippen molar-refractivity contribution in [2.75, 3.05) is 0 Å². The van der Waals surface area contributed by atoms with Gasteiger partial charge >= 0.3 is 0 Å². The van der Waals surface area contributed by atoms with Gasteiger partial charge in [-0.3, -0.25) is 9.59 Å². The molecule has 0 bridgehead atoms. The van der Waals surface area contributed by atoms with Crippen molar-refractivity contribution in [2.45, 2.75) is 26.5 Å². The number of hydrogen-bond donors (Lipinski definition) is 1. The molecule has 0 aliphatic heterocycles. The van der Waals surface area contributed by atoms with E-state index in [-0.39, 0.29) is 11.7 Å². The van der Waals surface area contributed by atoms with Crippen LogP contribution in [0.3, 0.4) is 0 Å². The minimum absolute atomic E-state index is 0.00794. The summed E-state index contributed by atoms with van der Waals surface area (Å²) in [6.07, 6.45) is 3.19. The summed E-state index contributed by atoms with van der Waals surface area (Å²) in [5.41, 5.74) is 3.64. The molecule has 0 unspecified atom stereocenters. The number of pyridine rings is 1. The molecule has 1 amide bonds. The van der Waals surface area contributed by atoms with E-state index < -0.39 is 11.5 Å². The third kappa shape index (κ3) is 5.81. The third-order valence-electron chi connectivity index (χ3n) is 4.12. The summed E-state index contributed by atoms with van der Waals surface area (Å²) < 4.78 is 7.09. The fourth-order valence-corrected chi connectivity index (χ4v) is 3.05. The van der Waals surface area contributed by atoms with Gasteiger partial charge in [-0.25, -0.2) is 5.43 Å².